The molecule has 1 N–H and O–H groups in total. The lowest BCUT2D eigenvalue weighted by Gasteiger charge is -2.36. The Morgan fingerprint density at radius 1 is 1.30 bits per heavy atom. The molecule has 2 heterocycles. The first-order chi connectivity index (χ1) is 9.41. The molecule has 2 amide bonds. The van der Waals surface area contributed by atoms with Crippen molar-refractivity contribution >= 4 is 34.6 Å². The maximum atomic E-state index is 12.6. The summed E-state index contributed by atoms with van der Waals surface area (Å²) < 4.78 is 11.4. The Kier molecular flexibility index (Phi) is 4.95. The van der Waals surface area contributed by atoms with Gasteiger partial charge in [0.2, 0.25) is 0 Å². The highest BCUT2D eigenvalue weighted by Gasteiger charge is 2.44. The van der Waals surface area contributed by atoms with Crippen molar-refractivity contribution in [1.82, 2.24) is 9.80 Å². The van der Waals surface area contributed by atoms with Gasteiger partial charge in [0.05, 0.1) is 5.37 Å². The van der Waals surface area contributed by atoms with E-state index in [9.17, 15) is 18.9 Å². The van der Waals surface area contributed by atoms with Crippen LogP contribution in [0.1, 0.15) is 13.8 Å². The molecule has 0 aromatic carbocycles. The second-order valence-electron chi connectivity index (χ2n) is 5.35. The van der Waals surface area contributed by atoms with Crippen LogP contribution in [0.5, 0.6) is 0 Å². The van der Waals surface area contributed by atoms with E-state index in [1.807, 2.05) is 13.8 Å². The van der Waals surface area contributed by atoms with Gasteiger partial charge in [-0.25, -0.2) is 9.59 Å². The molecule has 2 saturated heterocycles. The van der Waals surface area contributed by atoms with E-state index in [1.54, 1.807) is 4.90 Å². The zero-order valence-corrected chi connectivity index (χ0v) is 13.3. The molecule has 2 fully saturated rings. The number of nitrogens with zero attached hydrogens (tertiary/aromatic N) is 2. The van der Waals surface area contributed by atoms with Crippen LogP contribution >= 0.6 is 11.8 Å². The van der Waals surface area contributed by atoms with Crippen LogP contribution in [0.4, 0.5) is 4.79 Å². The molecule has 2 atom stereocenters. The van der Waals surface area contributed by atoms with Crippen LogP contribution in [0.2, 0.25) is 0 Å². The highest BCUT2D eigenvalue weighted by molar-refractivity contribution is 8.00. The Morgan fingerprint density at radius 3 is 2.40 bits per heavy atom. The van der Waals surface area contributed by atoms with Gasteiger partial charge in [-0.1, -0.05) is 13.8 Å². The molecule has 2 aliphatic rings. The van der Waals surface area contributed by atoms with Gasteiger partial charge in [0.25, 0.3) is 0 Å². The van der Waals surface area contributed by atoms with Crippen molar-refractivity contribution in [2.24, 2.45) is 5.92 Å². The van der Waals surface area contributed by atoms with Gasteiger partial charge in [-0.15, -0.1) is 11.8 Å². The molecule has 2 rings (SSSR count). The van der Waals surface area contributed by atoms with Crippen molar-refractivity contribution in [2.75, 3.05) is 30.3 Å². The number of urea groups is 1. The van der Waals surface area contributed by atoms with E-state index in [0.29, 0.717) is 30.3 Å². The average molecular weight is 320 g/mol. The van der Waals surface area contributed by atoms with Crippen molar-refractivity contribution in [3.63, 3.8) is 0 Å². The summed E-state index contributed by atoms with van der Waals surface area (Å²) in [6, 6.07) is -0.981. The number of carbonyl (C=O) groups excluding carboxylic acids is 1. The predicted molar refractivity (Wildman–Crippen MR) is 79.2 cm³/mol. The standard InChI is InChI=1S/C12H20N2O4S2/c1-8(2)10-14(9(7-19-10)11(15)16)12(17)13-3-5-20(18)6-4-13/h8-10H,3-7H2,1-2H3,(H,15,16). The van der Waals surface area contributed by atoms with Gasteiger partial charge in [-0.2, -0.15) is 0 Å². The lowest BCUT2D eigenvalue weighted by molar-refractivity contribution is -0.141. The minimum atomic E-state index is -0.949. The van der Waals surface area contributed by atoms with E-state index >= 15 is 0 Å². The number of carbonyl (C=O) groups is 2. The van der Waals surface area contributed by atoms with Crippen LogP contribution in [0.15, 0.2) is 0 Å². The number of amides is 2. The number of rotatable bonds is 2. The van der Waals surface area contributed by atoms with Crippen molar-refractivity contribution in [1.29, 1.82) is 0 Å². The first-order valence-corrected chi connectivity index (χ1v) is 9.22. The maximum absolute atomic E-state index is 12.6. The van der Waals surface area contributed by atoms with Gasteiger partial charge in [0, 0.05) is 41.1 Å². The number of aliphatic carboxylic acids is 1. The summed E-state index contributed by atoms with van der Waals surface area (Å²) in [5, 5.41) is 9.20. The Labute approximate surface area is 125 Å². The largest absolute Gasteiger partial charge is 0.480 e. The first kappa shape index (κ1) is 15.6. The summed E-state index contributed by atoms with van der Waals surface area (Å²) in [5.41, 5.74) is 0. The SMILES string of the molecule is CC(C)C1SCC(C(=O)O)N1C(=O)N1CCS(=O)CC1. The number of thioether (sulfide) groups is 1. The van der Waals surface area contributed by atoms with Crippen molar-refractivity contribution in [2.45, 2.75) is 25.3 Å². The summed E-state index contributed by atoms with van der Waals surface area (Å²) in [6.45, 7) is 4.88. The minimum absolute atomic E-state index is 0.101. The molecule has 0 aromatic heterocycles. The third-order valence-electron chi connectivity index (χ3n) is 3.56. The van der Waals surface area contributed by atoms with Crippen molar-refractivity contribution < 1.29 is 18.9 Å². The van der Waals surface area contributed by atoms with E-state index < -0.39 is 22.8 Å². The Hall–Kier alpha value is -0.760. The fourth-order valence-corrected chi connectivity index (χ4v) is 4.98. The minimum Gasteiger partial charge on any atom is -0.480 e. The normalized spacial score (nSPS) is 28.1. The molecular weight excluding hydrogens is 300 g/mol. The molecule has 2 aliphatic heterocycles. The van der Waals surface area contributed by atoms with E-state index in [4.69, 9.17) is 0 Å². The average Bonchev–Trinajstić information content (AvgIpc) is 2.83. The topological polar surface area (TPSA) is 77.9 Å². The maximum Gasteiger partial charge on any atom is 0.327 e. The predicted octanol–water partition coefficient (Wildman–Crippen LogP) is 0.655. The van der Waals surface area contributed by atoms with Crippen molar-refractivity contribution in [3.05, 3.63) is 0 Å². The zero-order chi connectivity index (χ0) is 14.9. The molecule has 20 heavy (non-hydrogen) atoms. The molecule has 6 nitrogen and oxygen atoms in total. The monoisotopic (exact) mass is 320 g/mol. The van der Waals surface area contributed by atoms with E-state index in [-0.39, 0.29) is 17.3 Å². The summed E-state index contributed by atoms with van der Waals surface area (Å²) in [7, 11) is -0.848. The Morgan fingerprint density at radius 2 is 1.90 bits per heavy atom. The first-order valence-electron chi connectivity index (χ1n) is 6.68. The molecule has 0 aromatic rings. The molecule has 2 unspecified atom stereocenters. The van der Waals surface area contributed by atoms with E-state index in [1.165, 1.54) is 16.7 Å². The molecule has 0 bridgehead atoms. The Balaban J connectivity index is 2.14. The van der Waals surface area contributed by atoms with Crippen LogP contribution in [0.25, 0.3) is 0 Å². The lowest BCUT2D eigenvalue weighted by Crippen LogP contribution is -2.55. The molecule has 8 heteroatoms. The molecule has 114 valence electrons. The van der Waals surface area contributed by atoms with Gasteiger partial charge in [-0.3, -0.25) is 9.11 Å². The summed E-state index contributed by atoms with van der Waals surface area (Å²) in [6.07, 6.45) is 0. The van der Waals surface area contributed by atoms with E-state index in [0.717, 1.165) is 0 Å². The molecule has 0 spiro atoms. The third kappa shape index (κ3) is 3.11. The van der Waals surface area contributed by atoms with Crippen LogP contribution in [-0.4, -0.2) is 72.9 Å². The highest BCUT2D eigenvalue weighted by atomic mass is 32.2. The molecule has 0 aliphatic carbocycles. The fraction of sp³-hybridized carbons (Fsp3) is 0.833. The molecule has 0 radical (unpaired) electrons. The van der Waals surface area contributed by atoms with Gasteiger partial charge in [0.1, 0.15) is 6.04 Å². The second-order valence-corrected chi connectivity index (χ2v) is 8.19. The number of carboxylic acids is 1. The lowest BCUT2D eigenvalue weighted by atomic mass is 10.1. The van der Waals surface area contributed by atoms with Crippen molar-refractivity contribution in [3.8, 4) is 0 Å². The summed E-state index contributed by atoms with van der Waals surface area (Å²) >= 11 is 1.53. The van der Waals surface area contributed by atoms with Crippen LogP contribution in [0, 0.1) is 5.92 Å². The third-order valence-corrected chi connectivity index (χ3v) is 6.46. The van der Waals surface area contributed by atoms with E-state index in [2.05, 4.69) is 0 Å². The number of carboxylic acid groups (broad SMARTS) is 1. The van der Waals surface area contributed by atoms with Crippen LogP contribution in [-0.2, 0) is 15.6 Å². The fourth-order valence-electron chi connectivity index (χ4n) is 2.47. The van der Waals surface area contributed by atoms with Gasteiger partial charge in [-0.05, 0) is 5.92 Å². The summed E-state index contributed by atoms with van der Waals surface area (Å²) in [5.74, 6) is 0.652. The van der Waals surface area contributed by atoms with Gasteiger partial charge in [0.15, 0.2) is 0 Å². The second kappa shape index (κ2) is 6.34. The number of hydrogen-bond donors (Lipinski definition) is 1. The quantitative estimate of drug-likeness (QED) is 0.808. The molecule has 0 saturated carbocycles. The summed E-state index contributed by atoms with van der Waals surface area (Å²) in [4.78, 5) is 27.1. The number of hydrogen-bond acceptors (Lipinski definition) is 4. The highest BCUT2D eigenvalue weighted by Crippen LogP contribution is 2.35. The zero-order valence-electron chi connectivity index (χ0n) is 11.7. The van der Waals surface area contributed by atoms with Crippen LogP contribution in [0.3, 0.4) is 0 Å². The Bertz CT molecular complexity index is 420. The van der Waals surface area contributed by atoms with Crippen LogP contribution < -0.4 is 0 Å². The smallest absolute Gasteiger partial charge is 0.327 e. The van der Waals surface area contributed by atoms with Gasteiger partial charge >= 0.3 is 12.0 Å². The van der Waals surface area contributed by atoms with Gasteiger partial charge < -0.3 is 10.0 Å². The molecular formula is C12H20N2O4S2.